The molecule has 4 unspecified atom stereocenters. The minimum atomic E-state index is -3.11. The first-order chi connectivity index (χ1) is 16.5. The van der Waals surface area contributed by atoms with Crippen molar-refractivity contribution in [3.63, 3.8) is 0 Å². The maximum Gasteiger partial charge on any atom is 0.405 e. The number of nitrogens with zero attached hydrogens (tertiary/aromatic N) is 1. The third kappa shape index (κ3) is 8.41. The summed E-state index contributed by atoms with van der Waals surface area (Å²) in [5, 5.41) is 16.4. The highest BCUT2D eigenvalue weighted by molar-refractivity contribution is 6.38. The Labute approximate surface area is 209 Å². The summed E-state index contributed by atoms with van der Waals surface area (Å²) in [5.41, 5.74) is -0.802. The monoisotopic (exact) mass is 516 g/mol. The molecule has 1 saturated carbocycles. The first-order valence-electron chi connectivity index (χ1n) is 12.3. The van der Waals surface area contributed by atoms with E-state index in [1.807, 2.05) is 0 Å². The Bertz CT molecular complexity index is 866. The molecule has 1 aliphatic heterocycles. The second kappa shape index (κ2) is 11.5. The Morgan fingerprint density at radius 3 is 2.14 bits per heavy atom. The van der Waals surface area contributed by atoms with Gasteiger partial charge < -0.3 is 26.0 Å². The fourth-order valence-corrected chi connectivity index (χ4v) is 4.34. The molecule has 4 atom stereocenters. The van der Waals surface area contributed by atoms with E-state index in [9.17, 15) is 37.9 Å². The third-order valence-electron chi connectivity index (χ3n) is 6.51. The predicted molar refractivity (Wildman–Crippen MR) is 126 cm³/mol. The smallest absolute Gasteiger partial charge is 0.405 e. The number of likely N-dealkylation sites (tertiary alicyclic amines) is 1. The number of carboxylic acid groups (broad SMARTS) is 1. The van der Waals surface area contributed by atoms with E-state index in [-0.39, 0.29) is 18.5 Å². The van der Waals surface area contributed by atoms with E-state index in [4.69, 9.17) is 0 Å². The summed E-state index contributed by atoms with van der Waals surface area (Å²) < 4.78 is 27.1. The molecule has 2 aliphatic rings. The van der Waals surface area contributed by atoms with Crippen molar-refractivity contribution in [2.75, 3.05) is 6.54 Å². The van der Waals surface area contributed by atoms with E-state index in [0.29, 0.717) is 19.8 Å². The number of Topliss-reactive ketones (excluding diaryl/α,β-unsaturated/α-hetero) is 1. The summed E-state index contributed by atoms with van der Waals surface area (Å²) in [7, 11) is 0. The maximum atomic E-state index is 13.6. The highest BCUT2D eigenvalue weighted by Gasteiger charge is 2.44. The molecule has 4 N–H and O–H groups in total. The van der Waals surface area contributed by atoms with E-state index < -0.39 is 71.9 Å². The first kappa shape index (κ1) is 29.4. The lowest BCUT2D eigenvalue weighted by molar-refractivity contribution is -0.149. The van der Waals surface area contributed by atoms with Gasteiger partial charge in [0.2, 0.25) is 23.5 Å². The standard InChI is InChI=1S/C24H38F2N4O6/c1-13-7-6-12-30(21(34)18(23(2,3)4)29-22(35)36)16(13)19(32)28-15(10-11-24(5,25)26)17(31)20(33)27-14-8-9-14/h13-16,18,29H,6-12H2,1-5H3,(H,27,33)(H,28,32)(H,35,36). The predicted octanol–water partition coefficient (Wildman–Crippen LogP) is 2.06. The lowest BCUT2D eigenvalue weighted by Gasteiger charge is -2.43. The van der Waals surface area contributed by atoms with Gasteiger partial charge in [-0.1, -0.05) is 27.7 Å². The molecule has 36 heavy (non-hydrogen) atoms. The SMILES string of the molecule is CC1CCCN(C(=O)C(NC(=O)O)C(C)(C)C)C1C(=O)NC(CCC(C)(F)F)C(=O)C(=O)NC1CC1. The van der Waals surface area contributed by atoms with Gasteiger partial charge in [0.15, 0.2) is 0 Å². The van der Waals surface area contributed by atoms with Crippen LogP contribution in [0.4, 0.5) is 13.6 Å². The molecule has 0 spiro atoms. The Hall–Kier alpha value is -2.79. The number of rotatable bonds is 10. The number of amides is 4. The van der Waals surface area contributed by atoms with E-state index in [2.05, 4.69) is 16.0 Å². The Morgan fingerprint density at radius 2 is 1.64 bits per heavy atom. The fraction of sp³-hybridized carbons (Fsp3) is 0.792. The number of halogens is 2. The van der Waals surface area contributed by atoms with Gasteiger partial charge in [-0.15, -0.1) is 0 Å². The van der Waals surface area contributed by atoms with Crippen LogP contribution < -0.4 is 16.0 Å². The van der Waals surface area contributed by atoms with Crippen LogP contribution in [0.2, 0.25) is 0 Å². The van der Waals surface area contributed by atoms with Gasteiger partial charge in [-0.25, -0.2) is 13.6 Å². The van der Waals surface area contributed by atoms with E-state index >= 15 is 0 Å². The van der Waals surface area contributed by atoms with Crippen molar-refractivity contribution < 1.29 is 37.9 Å². The number of piperidine rings is 1. The second-order valence-electron chi connectivity index (χ2n) is 11.1. The van der Waals surface area contributed by atoms with E-state index in [1.165, 1.54) is 4.90 Å². The van der Waals surface area contributed by atoms with E-state index in [1.54, 1.807) is 27.7 Å². The lowest BCUT2D eigenvalue weighted by atomic mass is 9.83. The number of carbonyl (C=O) groups is 5. The minimum Gasteiger partial charge on any atom is -0.465 e. The van der Waals surface area contributed by atoms with Crippen molar-refractivity contribution in [3.05, 3.63) is 0 Å². The van der Waals surface area contributed by atoms with Gasteiger partial charge in [0.25, 0.3) is 5.91 Å². The average Bonchev–Trinajstić information content (AvgIpc) is 3.56. The molecule has 4 amide bonds. The van der Waals surface area contributed by atoms with Crippen molar-refractivity contribution in [1.29, 1.82) is 0 Å². The van der Waals surface area contributed by atoms with Crippen LogP contribution >= 0.6 is 0 Å². The molecule has 10 nitrogen and oxygen atoms in total. The van der Waals surface area contributed by atoms with Crippen LogP contribution in [-0.2, 0) is 19.2 Å². The molecule has 204 valence electrons. The Morgan fingerprint density at radius 1 is 1.03 bits per heavy atom. The molecule has 0 aromatic rings. The maximum absolute atomic E-state index is 13.6. The number of nitrogens with one attached hydrogen (secondary N) is 3. The Balaban J connectivity index is 2.27. The van der Waals surface area contributed by atoms with Crippen molar-refractivity contribution in [2.24, 2.45) is 11.3 Å². The van der Waals surface area contributed by atoms with Gasteiger partial charge >= 0.3 is 6.09 Å². The van der Waals surface area contributed by atoms with Gasteiger partial charge in [0.05, 0.1) is 6.04 Å². The summed E-state index contributed by atoms with van der Waals surface area (Å²) in [6, 6.07) is -3.82. The van der Waals surface area contributed by atoms with Crippen LogP contribution in [0, 0.1) is 11.3 Å². The zero-order valence-electron chi connectivity index (χ0n) is 21.5. The number of alkyl halides is 2. The lowest BCUT2D eigenvalue weighted by Crippen LogP contribution is -2.63. The van der Waals surface area contributed by atoms with Gasteiger partial charge in [-0.2, -0.15) is 0 Å². The van der Waals surface area contributed by atoms with Gasteiger partial charge in [0.1, 0.15) is 12.1 Å². The molecule has 0 radical (unpaired) electrons. The normalized spacial score (nSPS) is 22.2. The minimum absolute atomic E-state index is 0.132. The van der Waals surface area contributed by atoms with Crippen LogP contribution in [0.1, 0.15) is 73.1 Å². The van der Waals surface area contributed by atoms with Gasteiger partial charge in [0, 0.05) is 19.0 Å². The quantitative estimate of drug-likeness (QED) is 0.327. The van der Waals surface area contributed by atoms with Gasteiger partial charge in [-0.3, -0.25) is 19.2 Å². The first-order valence-corrected chi connectivity index (χ1v) is 12.3. The number of hydrogen-bond acceptors (Lipinski definition) is 5. The summed E-state index contributed by atoms with van der Waals surface area (Å²) in [6.45, 7) is 7.68. The molecule has 2 fully saturated rings. The average molecular weight is 517 g/mol. The van der Waals surface area contributed by atoms with Crippen LogP contribution in [0.5, 0.6) is 0 Å². The summed E-state index contributed by atoms with van der Waals surface area (Å²) >= 11 is 0. The van der Waals surface area contributed by atoms with Crippen LogP contribution in [0.3, 0.4) is 0 Å². The summed E-state index contributed by atoms with van der Waals surface area (Å²) in [5.74, 6) is -6.75. The second-order valence-corrected chi connectivity index (χ2v) is 11.1. The largest absolute Gasteiger partial charge is 0.465 e. The molecule has 1 saturated heterocycles. The van der Waals surface area contributed by atoms with Crippen molar-refractivity contribution in [2.45, 2.75) is 103 Å². The van der Waals surface area contributed by atoms with Crippen LogP contribution in [-0.4, -0.2) is 76.2 Å². The molecule has 0 aromatic heterocycles. The molecule has 2 rings (SSSR count). The zero-order chi connectivity index (χ0) is 27.4. The molecule has 0 bridgehead atoms. The Kier molecular flexibility index (Phi) is 9.41. The van der Waals surface area contributed by atoms with Crippen molar-refractivity contribution in [3.8, 4) is 0 Å². The zero-order valence-corrected chi connectivity index (χ0v) is 21.5. The van der Waals surface area contributed by atoms with Crippen molar-refractivity contribution >= 4 is 29.6 Å². The molecule has 1 aliphatic carbocycles. The number of ketones is 1. The molecular formula is C24H38F2N4O6. The third-order valence-corrected chi connectivity index (χ3v) is 6.51. The van der Waals surface area contributed by atoms with Crippen molar-refractivity contribution in [1.82, 2.24) is 20.9 Å². The highest BCUT2D eigenvalue weighted by atomic mass is 19.3. The van der Waals surface area contributed by atoms with Gasteiger partial charge in [-0.05, 0) is 50.4 Å². The van der Waals surface area contributed by atoms with E-state index in [0.717, 1.165) is 12.8 Å². The fourth-order valence-electron chi connectivity index (χ4n) is 4.34. The molecule has 1 heterocycles. The number of carbonyl (C=O) groups excluding carboxylic acids is 4. The molecule has 12 heteroatoms. The number of hydrogen-bond donors (Lipinski definition) is 4. The topological polar surface area (TPSA) is 145 Å². The van der Waals surface area contributed by atoms with Crippen LogP contribution in [0.25, 0.3) is 0 Å². The molecular weight excluding hydrogens is 478 g/mol. The summed E-state index contributed by atoms with van der Waals surface area (Å²) in [6.07, 6.45) is 0.0431. The summed E-state index contributed by atoms with van der Waals surface area (Å²) in [4.78, 5) is 64.6. The highest BCUT2D eigenvalue weighted by Crippen LogP contribution is 2.29. The molecule has 0 aromatic carbocycles. The van der Waals surface area contributed by atoms with Crippen LogP contribution in [0.15, 0.2) is 0 Å².